The standard InChI is InChI=1S/C13H17ClN2O2S2/c1-16(8-9-2-3-10(14)20-9)12(17)13(11(15)19)4-6-18-7-5-13/h2-3H,4-8H2,1H3,(H2,15,19). The molecule has 2 heterocycles. The van der Waals surface area contributed by atoms with Crippen LogP contribution in [0.2, 0.25) is 4.34 Å². The zero-order valence-electron chi connectivity index (χ0n) is 11.2. The van der Waals surface area contributed by atoms with Crippen LogP contribution in [0.5, 0.6) is 0 Å². The Morgan fingerprint density at radius 3 is 2.70 bits per heavy atom. The number of hydrogen-bond acceptors (Lipinski definition) is 4. The fourth-order valence-electron chi connectivity index (χ4n) is 2.39. The van der Waals surface area contributed by atoms with E-state index in [4.69, 9.17) is 34.3 Å². The molecule has 110 valence electrons. The minimum absolute atomic E-state index is 0.0298. The van der Waals surface area contributed by atoms with Crippen molar-refractivity contribution in [1.29, 1.82) is 0 Å². The van der Waals surface area contributed by atoms with E-state index in [0.29, 0.717) is 32.6 Å². The summed E-state index contributed by atoms with van der Waals surface area (Å²) in [7, 11) is 1.77. The lowest BCUT2D eigenvalue weighted by Crippen LogP contribution is -2.52. The molecule has 1 amide bonds. The van der Waals surface area contributed by atoms with Gasteiger partial charge in [0.25, 0.3) is 0 Å². The third kappa shape index (κ3) is 3.14. The highest BCUT2D eigenvalue weighted by Gasteiger charge is 2.44. The molecule has 7 heteroatoms. The Kier molecular flexibility index (Phi) is 5.01. The first-order chi connectivity index (χ1) is 9.45. The molecule has 1 aliphatic heterocycles. The molecule has 0 aliphatic carbocycles. The van der Waals surface area contributed by atoms with E-state index in [2.05, 4.69) is 0 Å². The molecular weight excluding hydrogens is 316 g/mol. The molecule has 0 unspecified atom stereocenters. The van der Waals surface area contributed by atoms with Crippen LogP contribution in [0.3, 0.4) is 0 Å². The Balaban J connectivity index is 2.12. The molecule has 1 aromatic rings. The number of hydrogen-bond donors (Lipinski definition) is 1. The molecule has 20 heavy (non-hydrogen) atoms. The van der Waals surface area contributed by atoms with E-state index in [1.54, 1.807) is 11.9 Å². The van der Waals surface area contributed by atoms with Crippen LogP contribution < -0.4 is 5.73 Å². The first-order valence-corrected chi connectivity index (χ1v) is 7.93. The molecule has 2 N–H and O–H groups in total. The lowest BCUT2D eigenvalue weighted by molar-refractivity contribution is -0.141. The van der Waals surface area contributed by atoms with Crippen molar-refractivity contribution in [1.82, 2.24) is 4.90 Å². The molecule has 1 fully saturated rings. The number of amides is 1. The smallest absolute Gasteiger partial charge is 0.235 e. The van der Waals surface area contributed by atoms with Crippen LogP contribution in [0.25, 0.3) is 0 Å². The Hall–Kier alpha value is -0.690. The van der Waals surface area contributed by atoms with Crippen LogP contribution in [-0.4, -0.2) is 36.1 Å². The second-order valence-electron chi connectivity index (χ2n) is 4.93. The van der Waals surface area contributed by atoms with Crippen molar-refractivity contribution in [2.45, 2.75) is 19.4 Å². The van der Waals surface area contributed by atoms with Gasteiger partial charge in [0.05, 0.1) is 15.9 Å². The SMILES string of the molecule is CN(Cc1ccc(Cl)s1)C(=O)C1(C(N)=S)CCOCC1. The number of rotatable bonds is 4. The lowest BCUT2D eigenvalue weighted by atomic mass is 9.78. The minimum atomic E-state index is -0.761. The van der Waals surface area contributed by atoms with E-state index >= 15 is 0 Å². The van der Waals surface area contributed by atoms with Crippen molar-refractivity contribution < 1.29 is 9.53 Å². The summed E-state index contributed by atoms with van der Waals surface area (Å²) in [4.78, 5) is 15.7. The Morgan fingerprint density at radius 1 is 1.55 bits per heavy atom. The van der Waals surface area contributed by atoms with E-state index in [1.807, 2.05) is 12.1 Å². The van der Waals surface area contributed by atoms with Gasteiger partial charge in [-0.2, -0.15) is 0 Å². The summed E-state index contributed by atoms with van der Waals surface area (Å²) in [5.41, 5.74) is 5.09. The third-order valence-electron chi connectivity index (χ3n) is 3.60. The van der Waals surface area contributed by atoms with Gasteiger partial charge in [0.15, 0.2) is 0 Å². The molecule has 2 rings (SSSR count). The maximum Gasteiger partial charge on any atom is 0.235 e. The van der Waals surface area contributed by atoms with Gasteiger partial charge in [-0.25, -0.2) is 0 Å². The zero-order valence-corrected chi connectivity index (χ0v) is 13.6. The fraction of sp³-hybridized carbons (Fsp3) is 0.538. The number of nitrogens with zero attached hydrogens (tertiary/aromatic N) is 1. The van der Waals surface area contributed by atoms with Gasteiger partial charge in [-0.3, -0.25) is 4.79 Å². The third-order valence-corrected chi connectivity index (χ3v) is 5.20. The van der Waals surface area contributed by atoms with E-state index in [9.17, 15) is 4.79 Å². The summed E-state index contributed by atoms with van der Waals surface area (Å²) in [6.45, 7) is 1.55. The van der Waals surface area contributed by atoms with Crippen LogP contribution >= 0.6 is 35.2 Å². The van der Waals surface area contributed by atoms with Crippen molar-refractivity contribution in [3.05, 3.63) is 21.3 Å². The average Bonchev–Trinajstić information content (AvgIpc) is 2.83. The van der Waals surface area contributed by atoms with Gasteiger partial charge in [-0.15, -0.1) is 11.3 Å². The van der Waals surface area contributed by atoms with Crippen LogP contribution in [0.1, 0.15) is 17.7 Å². The lowest BCUT2D eigenvalue weighted by Gasteiger charge is -2.37. The summed E-state index contributed by atoms with van der Waals surface area (Å²) in [6.07, 6.45) is 1.10. The fourth-order valence-corrected chi connectivity index (χ4v) is 3.83. The van der Waals surface area contributed by atoms with Crippen molar-refractivity contribution in [2.75, 3.05) is 20.3 Å². The molecule has 0 bridgehead atoms. The van der Waals surface area contributed by atoms with Gasteiger partial charge in [-0.1, -0.05) is 23.8 Å². The molecule has 1 aliphatic rings. The van der Waals surface area contributed by atoms with Crippen LogP contribution in [0.4, 0.5) is 0 Å². The van der Waals surface area contributed by atoms with Crippen LogP contribution in [0, 0.1) is 5.41 Å². The van der Waals surface area contributed by atoms with E-state index in [-0.39, 0.29) is 10.9 Å². The summed E-state index contributed by atoms with van der Waals surface area (Å²) < 4.78 is 6.04. The van der Waals surface area contributed by atoms with E-state index in [1.165, 1.54) is 11.3 Å². The Labute approximate surface area is 132 Å². The highest BCUT2D eigenvalue weighted by molar-refractivity contribution is 7.80. The molecule has 0 spiro atoms. The molecule has 1 aromatic heterocycles. The first-order valence-electron chi connectivity index (χ1n) is 6.33. The van der Waals surface area contributed by atoms with Gasteiger partial charge in [0.1, 0.15) is 5.41 Å². The molecule has 0 saturated carbocycles. The molecule has 4 nitrogen and oxygen atoms in total. The van der Waals surface area contributed by atoms with Crippen molar-refractivity contribution >= 4 is 46.1 Å². The van der Waals surface area contributed by atoms with Crippen molar-refractivity contribution in [2.24, 2.45) is 11.1 Å². The topological polar surface area (TPSA) is 55.6 Å². The Bertz CT molecular complexity index is 512. The minimum Gasteiger partial charge on any atom is -0.392 e. The van der Waals surface area contributed by atoms with Gasteiger partial charge in [0, 0.05) is 25.1 Å². The van der Waals surface area contributed by atoms with Gasteiger partial charge >= 0.3 is 0 Å². The number of thiocarbonyl (C=S) groups is 1. The van der Waals surface area contributed by atoms with Crippen molar-refractivity contribution in [3.8, 4) is 0 Å². The maximum atomic E-state index is 12.7. The molecule has 0 atom stereocenters. The van der Waals surface area contributed by atoms with E-state index in [0.717, 1.165) is 9.21 Å². The van der Waals surface area contributed by atoms with Gasteiger partial charge < -0.3 is 15.4 Å². The zero-order chi connectivity index (χ0) is 14.8. The number of halogens is 1. The predicted octanol–water partition coefficient (Wildman–Crippen LogP) is 2.44. The Morgan fingerprint density at radius 2 is 2.20 bits per heavy atom. The van der Waals surface area contributed by atoms with Crippen LogP contribution in [0.15, 0.2) is 12.1 Å². The largest absolute Gasteiger partial charge is 0.392 e. The summed E-state index contributed by atoms with van der Waals surface area (Å²) >= 11 is 12.5. The number of nitrogens with two attached hydrogens (primary N) is 1. The highest BCUT2D eigenvalue weighted by Crippen LogP contribution is 2.34. The molecule has 1 saturated heterocycles. The quantitative estimate of drug-likeness (QED) is 0.860. The average molecular weight is 333 g/mol. The van der Waals surface area contributed by atoms with Crippen molar-refractivity contribution in [3.63, 3.8) is 0 Å². The molecular formula is C13H17ClN2O2S2. The molecule has 0 radical (unpaired) electrons. The van der Waals surface area contributed by atoms with Gasteiger partial charge in [0.2, 0.25) is 5.91 Å². The second kappa shape index (κ2) is 6.39. The maximum absolute atomic E-state index is 12.7. The summed E-state index contributed by atoms with van der Waals surface area (Å²) in [6, 6.07) is 3.76. The second-order valence-corrected chi connectivity index (χ2v) is 7.17. The van der Waals surface area contributed by atoms with Gasteiger partial charge in [-0.05, 0) is 25.0 Å². The summed E-state index contributed by atoms with van der Waals surface area (Å²) in [5, 5.41) is 0. The highest BCUT2D eigenvalue weighted by atomic mass is 35.5. The van der Waals surface area contributed by atoms with Crippen LogP contribution in [-0.2, 0) is 16.1 Å². The normalized spacial score (nSPS) is 17.7. The van der Waals surface area contributed by atoms with E-state index < -0.39 is 5.41 Å². The number of ether oxygens (including phenoxy) is 1. The monoisotopic (exact) mass is 332 g/mol. The predicted molar refractivity (Wildman–Crippen MR) is 85.1 cm³/mol. The molecule has 0 aromatic carbocycles. The summed E-state index contributed by atoms with van der Waals surface area (Å²) in [5.74, 6) is -0.0298. The number of carbonyl (C=O) groups excluding carboxylic acids is 1. The number of carbonyl (C=O) groups is 1. The number of thiophene rings is 1. The first kappa shape index (κ1) is 15.7.